The van der Waals surface area contributed by atoms with Crippen molar-refractivity contribution in [1.82, 2.24) is 4.90 Å². The molecule has 15 heavy (non-hydrogen) atoms. The molecule has 0 aromatic heterocycles. The highest BCUT2D eigenvalue weighted by Crippen LogP contribution is 2.48. The van der Waals surface area contributed by atoms with Crippen LogP contribution >= 0.6 is 0 Å². The van der Waals surface area contributed by atoms with Crippen LogP contribution in [0, 0.1) is 5.92 Å². The molecule has 0 spiro atoms. The second-order valence-electron chi connectivity index (χ2n) is 5.75. The SMILES string of the molecule is CC[C@@H]1C[C@@H]2C[C@@H]2N1C(=O)OC(C)(C)C. The Morgan fingerprint density at radius 2 is 2.07 bits per heavy atom. The van der Waals surface area contributed by atoms with Crippen molar-refractivity contribution in [1.29, 1.82) is 0 Å². The number of carbonyl (C=O) groups excluding carboxylic acids is 1. The van der Waals surface area contributed by atoms with Gasteiger partial charge in [0.15, 0.2) is 0 Å². The first-order chi connectivity index (χ1) is 6.92. The highest BCUT2D eigenvalue weighted by Gasteiger charge is 2.54. The molecular weight excluding hydrogens is 190 g/mol. The number of rotatable bonds is 1. The number of nitrogens with zero attached hydrogens (tertiary/aromatic N) is 1. The van der Waals surface area contributed by atoms with Crippen LogP contribution in [0.25, 0.3) is 0 Å². The fraction of sp³-hybridized carbons (Fsp3) is 0.917. The van der Waals surface area contributed by atoms with Crippen molar-refractivity contribution in [2.24, 2.45) is 5.92 Å². The predicted molar refractivity (Wildman–Crippen MR) is 58.7 cm³/mol. The Morgan fingerprint density at radius 1 is 1.40 bits per heavy atom. The summed E-state index contributed by atoms with van der Waals surface area (Å²) in [5.41, 5.74) is -0.373. The van der Waals surface area contributed by atoms with E-state index in [0.717, 1.165) is 12.3 Å². The topological polar surface area (TPSA) is 29.5 Å². The molecule has 1 aliphatic carbocycles. The van der Waals surface area contributed by atoms with Crippen molar-refractivity contribution in [2.75, 3.05) is 0 Å². The van der Waals surface area contributed by atoms with Gasteiger partial charge in [-0.2, -0.15) is 0 Å². The lowest BCUT2D eigenvalue weighted by molar-refractivity contribution is 0.0181. The van der Waals surface area contributed by atoms with E-state index in [0.29, 0.717) is 12.1 Å². The Kier molecular flexibility index (Phi) is 2.44. The summed E-state index contributed by atoms with van der Waals surface area (Å²) in [4.78, 5) is 14.0. The largest absolute Gasteiger partial charge is 0.444 e. The van der Waals surface area contributed by atoms with Gasteiger partial charge < -0.3 is 9.64 Å². The van der Waals surface area contributed by atoms with Crippen LogP contribution in [0.5, 0.6) is 0 Å². The smallest absolute Gasteiger partial charge is 0.410 e. The quantitative estimate of drug-likeness (QED) is 0.667. The Bertz CT molecular complexity index is 269. The first kappa shape index (κ1) is 10.8. The summed E-state index contributed by atoms with van der Waals surface area (Å²) in [7, 11) is 0. The molecule has 1 heterocycles. The third-order valence-electron chi connectivity index (χ3n) is 3.29. The predicted octanol–water partition coefficient (Wildman–Crippen LogP) is 2.79. The van der Waals surface area contributed by atoms with Gasteiger partial charge in [0.2, 0.25) is 0 Å². The molecule has 0 unspecified atom stereocenters. The highest BCUT2D eigenvalue weighted by molar-refractivity contribution is 5.70. The van der Waals surface area contributed by atoms with E-state index in [1.165, 1.54) is 12.8 Å². The van der Waals surface area contributed by atoms with Crippen LogP contribution in [0.2, 0.25) is 0 Å². The van der Waals surface area contributed by atoms with Gasteiger partial charge in [-0.25, -0.2) is 4.79 Å². The first-order valence-electron chi connectivity index (χ1n) is 5.93. The molecule has 2 rings (SSSR count). The molecule has 86 valence electrons. The fourth-order valence-corrected chi connectivity index (χ4v) is 2.52. The van der Waals surface area contributed by atoms with Crippen LogP contribution in [0.15, 0.2) is 0 Å². The summed E-state index contributed by atoms with van der Waals surface area (Å²) in [6.45, 7) is 7.91. The normalized spacial score (nSPS) is 33.9. The zero-order valence-electron chi connectivity index (χ0n) is 10.1. The minimum atomic E-state index is -0.373. The van der Waals surface area contributed by atoms with E-state index in [2.05, 4.69) is 6.92 Å². The molecule has 2 fully saturated rings. The van der Waals surface area contributed by atoms with Gasteiger partial charge in [0.1, 0.15) is 5.60 Å². The van der Waals surface area contributed by atoms with E-state index in [1.807, 2.05) is 25.7 Å². The molecule has 1 saturated heterocycles. The minimum Gasteiger partial charge on any atom is -0.444 e. The lowest BCUT2D eigenvalue weighted by Gasteiger charge is -2.30. The van der Waals surface area contributed by atoms with Crippen LogP contribution in [-0.2, 0) is 4.74 Å². The molecule has 1 aliphatic heterocycles. The Balaban J connectivity index is 1.99. The summed E-state index contributed by atoms with van der Waals surface area (Å²) in [5.74, 6) is 0.766. The van der Waals surface area contributed by atoms with Gasteiger partial charge in [-0.05, 0) is 46.0 Å². The molecular formula is C12H21NO2. The fourth-order valence-electron chi connectivity index (χ4n) is 2.52. The maximum atomic E-state index is 12.0. The minimum absolute atomic E-state index is 0.112. The molecule has 3 atom stereocenters. The van der Waals surface area contributed by atoms with Gasteiger partial charge >= 0.3 is 6.09 Å². The standard InChI is InChI=1S/C12H21NO2/c1-5-9-6-8-7-10(8)13(9)11(14)15-12(2,3)4/h8-10H,5-7H2,1-4H3/t8-,9-,10+/m1/s1. The molecule has 2 aliphatic rings. The van der Waals surface area contributed by atoms with E-state index in [-0.39, 0.29) is 11.7 Å². The van der Waals surface area contributed by atoms with E-state index < -0.39 is 0 Å². The van der Waals surface area contributed by atoms with Gasteiger partial charge in [-0.15, -0.1) is 0 Å². The van der Waals surface area contributed by atoms with Gasteiger partial charge in [0.25, 0.3) is 0 Å². The molecule has 1 amide bonds. The molecule has 0 radical (unpaired) electrons. The van der Waals surface area contributed by atoms with Gasteiger partial charge in [0.05, 0.1) is 0 Å². The maximum absolute atomic E-state index is 12.0. The summed E-state index contributed by atoms with van der Waals surface area (Å²) in [5, 5.41) is 0. The van der Waals surface area contributed by atoms with E-state index in [4.69, 9.17) is 4.74 Å². The molecule has 0 bridgehead atoms. The molecule has 3 nitrogen and oxygen atoms in total. The van der Waals surface area contributed by atoms with Crippen molar-refractivity contribution < 1.29 is 9.53 Å². The Hall–Kier alpha value is -0.730. The number of likely N-dealkylation sites (tertiary alicyclic amines) is 1. The number of carbonyl (C=O) groups is 1. The van der Waals surface area contributed by atoms with E-state index >= 15 is 0 Å². The van der Waals surface area contributed by atoms with Gasteiger partial charge in [0, 0.05) is 12.1 Å². The molecule has 3 heteroatoms. The third-order valence-corrected chi connectivity index (χ3v) is 3.29. The third kappa shape index (κ3) is 2.11. The second kappa shape index (κ2) is 3.39. The Morgan fingerprint density at radius 3 is 2.60 bits per heavy atom. The lowest BCUT2D eigenvalue weighted by Crippen LogP contribution is -2.41. The Labute approximate surface area is 91.8 Å². The number of fused-ring (bicyclic) bond motifs is 1. The average Bonchev–Trinajstić information content (AvgIpc) is 2.73. The zero-order chi connectivity index (χ0) is 11.2. The second-order valence-corrected chi connectivity index (χ2v) is 5.75. The summed E-state index contributed by atoms with van der Waals surface area (Å²) in [6, 6.07) is 0.911. The average molecular weight is 211 g/mol. The zero-order valence-corrected chi connectivity index (χ0v) is 10.1. The van der Waals surface area contributed by atoms with Gasteiger partial charge in [-0.3, -0.25) is 0 Å². The number of amides is 1. The lowest BCUT2D eigenvalue weighted by atomic mass is 10.1. The molecule has 0 aromatic carbocycles. The van der Waals surface area contributed by atoms with Crippen LogP contribution in [0.1, 0.15) is 47.0 Å². The summed E-state index contributed by atoms with van der Waals surface area (Å²) < 4.78 is 5.44. The summed E-state index contributed by atoms with van der Waals surface area (Å²) >= 11 is 0. The van der Waals surface area contributed by atoms with Crippen molar-refractivity contribution in [3.8, 4) is 0 Å². The number of hydrogen-bond donors (Lipinski definition) is 0. The van der Waals surface area contributed by atoms with Crippen molar-refractivity contribution >= 4 is 6.09 Å². The van der Waals surface area contributed by atoms with Crippen molar-refractivity contribution in [3.63, 3.8) is 0 Å². The summed E-state index contributed by atoms with van der Waals surface area (Å²) in [6.07, 6.45) is 3.31. The van der Waals surface area contributed by atoms with Crippen molar-refractivity contribution in [3.05, 3.63) is 0 Å². The number of hydrogen-bond acceptors (Lipinski definition) is 2. The number of piperidine rings is 1. The van der Waals surface area contributed by atoms with Gasteiger partial charge in [-0.1, -0.05) is 6.92 Å². The van der Waals surface area contributed by atoms with Crippen LogP contribution in [0.3, 0.4) is 0 Å². The molecule has 1 saturated carbocycles. The maximum Gasteiger partial charge on any atom is 0.410 e. The first-order valence-corrected chi connectivity index (χ1v) is 5.93. The molecule has 0 N–H and O–H groups in total. The van der Waals surface area contributed by atoms with E-state index in [9.17, 15) is 4.79 Å². The molecule has 0 aromatic rings. The monoisotopic (exact) mass is 211 g/mol. The highest BCUT2D eigenvalue weighted by atomic mass is 16.6. The van der Waals surface area contributed by atoms with Crippen molar-refractivity contribution in [2.45, 2.75) is 64.6 Å². The number of ether oxygens (including phenoxy) is 1. The van der Waals surface area contributed by atoms with E-state index in [1.54, 1.807) is 0 Å². The van der Waals surface area contributed by atoms with Crippen LogP contribution < -0.4 is 0 Å². The van der Waals surface area contributed by atoms with Crippen LogP contribution in [0.4, 0.5) is 4.79 Å². The van der Waals surface area contributed by atoms with Crippen LogP contribution in [-0.4, -0.2) is 28.7 Å².